The van der Waals surface area contributed by atoms with E-state index >= 15 is 0 Å². The second-order valence-corrected chi connectivity index (χ2v) is 3.61. The van der Waals surface area contributed by atoms with E-state index in [1.54, 1.807) is 13.3 Å². The smallest absolute Gasteiger partial charge is 0.208 e. The van der Waals surface area contributed by atoms with Gasteiger partial charge in [-0.1, -0.05) is 6.92 Å². The third-order valence-electron chi connectivity index (χ3n) is 2.18. The van der Waals surface area contributed by atoms with Crippen LogP contribution in [0.25, 0.3) is 0 Å². The fourth-order valence-electron chi connectivity index (χ4n) is 1.00. The number of nitrogens with one attached hydrogen (secondary N) is 1. The number of oxazole rings is 1. The molecule has 0 spiro atoms. The predicted molar refractivity (Wildman–Crippen MR) is 53.9 cm³/mol. The third-order valence-corrected chi connectivity index (χ3v) is 2.18. The quantitative estimate of drug-likeness (QED) is 0.781. The predicted octanol–water partition coefficient (Wildman–Crippen LogP) is 1.67. The molecular formula is C10H18N2O2. The summed E-state index contributed by atoms with van der Waals surface area (Å²) in [5.41, 5.74) is -0.405. The van der Waals surface area contributed by atoms with Gasteiger partial charge in [0.1, 0.15) is 5.60 Å². The Morgan fingerprint density at radius 3 is 2.86 bits per heavy atom. The van der Waals surface area contributed by atoms with E-state index in [1.807, 2.05) is 20.8 Å². The maximum atomic E-state index is 5.54. The van der Waals surface area contributed by atoms with E-state index in [-0.39, 0.29) is 0 Å². The van der Waals surface area contributed by atoms with E-state index in [1.165, 1.54) is 0 Å². The first-order chi connectivity index (χ1) is 6.60. The molecule has 0 unspecified atom stereocenters. The number of aromatic nitrogens is 1. The minimum absolute atomic E-state index is 0.405. The summed E-state index contributed by atoms with van der Waals surface area (Å²) < 4.78 is 10.8. The Labute approximate surface area is 84.7 Å². The second-order valence-electron chi connectivity index (χ2n) is 3.61. The van der Waals surface area contributed by atoms with Crippen LogP contribution in [0, 0.1) is 0 Å². The Morgan fingerprint density at radius 1 is 1.57 bits per heavy atom. The third kappa shape index (κ3) is 2.56. The molecule has 0 fully saturated rings. The lowest BCUT2D eigenvalue weighted by Crippen LogP contribution is -2.18. The maximum absolute atomic E-state index is 5.54. The van der Waals surface area contributed by atoms with Gasteiger partial charge in [0.05, 0.1) is 12.7 Å². The van der Waals surface area contributed by atoms with Crippen molar-refractivity contribution in [2.75, 3.05) is 13.7 Å². The summed E-state index contributed by atoms with van der Waals surface area (Å²) in [6.45, 7) is 7.51. The van der Waals surface area contributed by atoms with Crippen LogP contribution < -0.4 is 5.32 Å². The number of nitrogens with zero attached hydrogens (tertiary/aromatic N) is 1. The molecule has 0 aliphatic carbocycles. The summed E-state index contributed by atoms with van der Waals surface area (Å²) in [6.07, 6.45) is 1.72. The number of rotatable bonds is 5. The Morgan fingerprint density at radius 2 is 2.29 bits per heavy atom. The molecule has 0 aliphatic rings. The molecule has 1 N–H and O–H groups in total. The molecule has 0 aromatic carbocycles. The van der Waals surface area contributed by atoms with Crippen molar-refractivity contribution < 1.29 is 9.15 Å². The summed E-state index contributed by atoms with van der Waals surface area (Å²) in [7, 11) is 1.66. The minimum Gasteiger partial charge on any atom is -0.441 e. The van der Waals surface area contributed by atoms with Crippen LogP contribution in [-0.2, 0) is 16.9 Å². The van der Waals surface area contributed by atoms with Crippen LogP contribution in [0.2, 0.25) is 0 Å². The topological polar surface area (TPSA) is 47.3 Å². The highest BCUT2D eigenvalue weighted by Crippen LogP contribution is 2.23. The average Bonchev–Trinajstić information content (AvgIpc) is 2.63. The molecule has 0 radical (unpaired) electrons. The normalized spacial score (nSPS) is 12.0. The van der Waals surface area contributed by atoms with Gasteiger partial charge in [-0.25, -0.2) is 4.98 Å². The number of ether oxygens (including phenoxy) is 1. The van der Waals surface area contributed by atoms with Gasteiger partial charge in [-0.05, 0) is 20.4 Å². The highest BCUT2D eigenvalue weighted by Gasteiger charge is 2.24. The number of hydrogen-bond acceptors (Lipinski definition) is 4. The molecule has 0 saturated heterocycles. The summed E-state index contributed by atoms with van der Waals surface area (Å²) in [4.78, 5) is 4.16. The van der Waals surface area contributed by atoms with E-state index in [4.69, 9.17) is 9.15 Å². The van der Waals surface area contributed by atoms with Gasteiger partial charge >= 0.3 is 0 Å². The average molecular weight is 198 g/mol. The van der Waals surface area contributed by atoms with Gasteiger partial charge in [-0.15, -0.1) is 0 Å². The standard InChI is InChI=1S/C10H18N2O2/c1-5-11-7-9-12-6-8(14-9)10(2,3)13-4/h6,11H,5,7H2,1-4H3. The summed E-state index contributed by atoms with van der Waals surface area (Å²) in [6, 6.07) is 0. The second kappa shape index (κ2) is 4.57. The largest absolute Gasteiger partial charge is 0.441 e. The number of hydrogen-bond donors (Lipinski definition) is 1. The summed E-state index contributed by atoms with van der Waals surface area (Å²) >= 11 is 0. The molecule has 0 saturated carbocycles. The van der Waals surface area contributed by atoms with E-state index in [0.29, 0.717) is 12.4 Å². The van der Waals surface area contributed by atoms with Crippen LogP contribution in [0.5, 0.6) is 0 Å². The van der Waals surface area contributed by atoms with Crippen molar-refractivity contribution in [2.24, 2.45) is 0 Å². The zero-order valence-electron chi connectivity index (χ0n) is 9.26. The molecule has 1 aromatic rings. The summed E-state index contributed by atoms with van der Waals surface area (Å²) in [5.74, 6) is 1.46. The molecule has 14 heavy (non-hydrogen) atoms. The Kier molecular flexibility index (Phi) is 3.66. The molecule has 1 heterocycles. The van der Waals surface area contributed by atoms with Gasteiger partial charge in [-0.3, -0.25) is 0 Å². The first kappa shape index (κ1) is 11.2. The van der Waals surface area contributed by atoms with Crippen LogP contribution in [0.1, 0.15) is 32.4 Å². The molecule has 4 nitrogen and oxygen atoms in total. The van der Waals surface area contributed by atoms with E-state index in [9.17, 15) is 0 Å². The van der Waals surface area contributed by atoms with Crippen LogP contribution in [0.3, 0.4) is 0 Å². The minimum atomic E-state index is -0.405. The van der Waals surface area contributed by atoms with Gasteiger partial charge in [0.15, 0.2) is 5.76 Å². The van der Waals surface area contributed by atoms with Gasteiger partial charge < -0.3 is 14.5 Å². The Hall–Kier alpha value is -0.870. The Bertz CT molecular complexity index is 281. The van der Waals surface area contributed by atoms with Crippen LogP contribution in [-0.4, -0.2) is 18.6 Å². The van der Waals surface area contributed by atoms with Crippen molar-refractivity contribution in [3.05, 3.63) is 17.8 Å². The lowest BCUT2D eigenvalue weighted by molar-refractivity contribution is 0.0000363. The van der Waals surface area contributed by atoms with Gasteiger partial charge in [0.2, 0.25) is 5.89 Å². The molecule has 1 rings (SSSR count). The molecule has 4 heteroatoms. The maximum Gasteiger partial charge on any atom is 0.208 e. The van der Waals surface area contributed by atoms with Crippen LogP contribution in [0.15, 0.2) is 10.6 Å². The van der Waals surface area contributed by atoms with Crippen LogP contribution in [0.4, 0.5) is 0 Å². The zero-order chi connectivity index (χ0) is 10.6. The monoisotopic (exact) mass is 198 g/mol. The first-order valence-electron chi connectivity index (χ1n) is 4.81. The molecule has 80 valence electrons. The fraction of sp³-hybridized carbons (Fsp3) is 0.700. The van der Waals surface area contributed by atoms with Crippen LogP contribution >= 0.6 is 0 Å². The lowest BCUT2D eigenvalue weighted by atomic mass is 10.1. The van der Waals surface area contributed by atoms with Crippen molar-refractivity contribution in [1.29, 1.82) is 0 Å². The van der Waals surface area contributed by atoms with E-state index < -0.39 is 5.60 Å². The number of methoxy groups -OCH3 is 1. The van der Waals surface area contributed by atoms with Gasteiger partial charge in [-0.2, -0.15) is 0 Å². The van der Waals surface area contributed by atoms with Crippen molar-refractivity contribution in [1.82, 2.24) is 10.3 Å². The van der Waals surface area contributed by atoms with E-state index in [2.05, 4.69) is 10.3 Å². The molecule has 0 amide bonds. The lowest BCUT2D eigenvalue weighted by Gasteiger charge is -2.18. The van der Waals surface area contributed by atoms with Gasteiger partial charge in [0.25, 0.3) is 0 Å². The molecule has 0 atom stereocenters. The van der Waals surface area contributed by atoms with Gasteiger partial charge in [0, 0.05) is 7.11 Å². The Balaban J connectivity index is 2.67. The molecular weight excluding hydrogens is 180 g/mol. The van der Waals surface area contributed by atoms with Crippen molar-refractivity contribution in [3.63, 3.8) is 0 Å². The highest BCUT2D eigenvalue weighted by atomic mass is 16.5. The first-order valence-corrected chi connectivity index (χ1v) is 4.81. The molecule has 0 aliphatic heterocycles. The fourth-order valence-corrected chi connectivity index (χ4v) is 1.00. The summed E-state index contributed by atoms with van der Waals surface area (Å²) in [5, 5.41) is 3.15. The SMILES string of the molecule is CCNCc1ncc(C(C)(C)OC)o1. The molecule has 1 aromatic heterocycles. The zero-order valence-corrected chi connectivity index (χ0v) is 9.26. The molecule has 0 bridgehead atoms. The van der Waals surface area contributed by atoms with E-state index in [0.717, 1.165) is 12.3 Å². The van der Waals surface area contributed by atoms with Crippen molar-refractivity contribution in [3.8, 4) is 0 Å². The highest BCUT2D eigenvalue weighted by molar-refractivity contribution is 5.03. The van der Waals surface area contributed by atoms with Crippen molar-refractivity contribution in [2.45, 2.75) is 32.9 Å². The van der Waals surface area contributed by atoms with Crippen molar-refractivity contribution >= 4 is 0 Å².